The Morgan fingerprint density at radius 2 is 2.10 bits per heavy atom. The molecular weight excluding hydrogens is 368 g/mol. The summed E-state index contributed by atoms with van der Waals surface area (Å²) in [7, 11) is 1.55. The monoisotopic (exact) mass is 402 g/mol. The maximum Gasteiger partial charge on any atom is 0.225 e. The van der Waals surface area contributed by atoms with E-state index in [0.717, 1.165) is 56.8 Å². The number of likely N-dealkylation sites (tertiary alicyclic amines) is 1. The molecule has 1 saturated carbocycles. The second-order valence-corrected chi connectivity index (χ2v) is 7.91. The summed E-state index contributed by atoms with van der Waals surface area (Å²) in [5, 5.41) is 16.5. The number of benzene rings is 1. The van der Waals surface area contributed by atoms with Crippen LogP contribution in [0.15, 0.2) is 23.2 Å². The molecule has 7 nitrogen and oxygen atoms in total. The zero-order valence-corrected chi connectivity index (χ0v) is 17.6. The molecule has 2 aliphatic rings. The van der Waals surface area contributed by atoms with Crippen molar-refractivity contribution >= 4 is 11.9 Å². The summed E-state index contributed by atoms with van der Waals surface area (Å²) >= 11 is 0. The Balaban J connectivity index is 1.51. The Morgan fingerprint density at radius 3 is 2.83 bits per heavy atom. The largest absolute Gasteiger partial charge is 0.504 e. The Bertz CT molecular complexity index is 716. The molecule has 3 N–H and O–H groups in total. The summed E-state index contributed by atoms with van der Waals surface area (Å²) in [5.74, 6) is 2.01. The maximum atomic E-state index is 12.6. The van der Waals surface area contributed by atoms with Gasteiger partial charge >= 0.3 is 0 Å². The minimum atomic E-state index is 0.146. The van der Waals surface area contributed by atoms with E-state index in [-0.39, 0.29) is 17.7 Å². The molecule has 0 bridgehead atoms. The molecule has 3 rings (SSSR count). The van der Waals surface area contributed by atoms with Gasteiger partial charge in [0.15, 0.2) is 17.5 Å². The first-order valence-electron chi connectivity index (χ1n) is 10.8. The number of phenolic OH excluding ortho intramolecular Hbond substituents is 1. The van der Waals surface area contributed by atoms with Crippen molar-refractivity contribution in [3.8, 4) is 11.5 Å². The van der Waals surface area contributed by atoms with Gasteiger partial charge in [-0.15, -0.1) is 0 Å². The number of carbonyl (C=O) groups is 1. The molecule has 1 heterocycles. The van der Waals surface area contributed by atoms with Crippen LogP contribution in [0.25, 0.3) is 0 Å². The highest BCUT2D eigenvalue weighted by molar-refractivity contribution is 5.81. The predicted octanol–water partition coefficient (Wildman–Crippen LogP) is 2.29. The van der Waals surface area contributed by atoms with Crippen molar-refractivity contribution in [3.63, 3.8) is 0 Å². The predicted molar refractivity (Wildman–Crippen MR) is 114 cm³/mol. The van der Waals surface area contributed by atoms with Crippen LogP contribution < -0.4 is 15.4 Å². The van der Waals surface area contributed by atoms with E-state index in [2.05, 4.69) is 15.6 Å². The van der Waals surface area contributed by atoms with Gasteiger partial charge in [-0.3, -0.25) is 9.79 Å². The number of guanidine groups is 1. The number of methoxy groups -OCH3 is 1. The smallest absolute Gasteiger partial charge is 0.225 e. The maximum absolute atomic E-state index is 12.6. The number of nitrogens with one attached hydrogen (secondary N) is 2. The van der Waals surface area contributed by atoms with Crippen LogP contribution >= 0.6 is 0 Å². The van der Waals surface area contributed by atoms with Gasteiger partial charge in [-0.05, 0) is 50.3 Å². The number of amides is 1. The first kappa shape index (κ1) is 21.3. The first-order valence-corrected chi connectivity index (χ1v) is 10.8. The summed E-state index contributed by atoms with van der Waals surface area (Å²) in [6.07, 6.45) is 6.20. The number of ether oxygens (including phenoxy) is 1. The second kappa shape index (κ2) is 10.4. The molecule has 1 saturated heterocycles. The third-order valence-corrected chi connectivity index (χ3v) is 5.80. The van der Waals surface area contributed by atoms with Crippen molar-refractivity contribution in [2.45, 2.75) is 51.5 Å². The van der Waals surface area contributed by atoms with Crippen LogP contribution in [-0.4, -0.2) is 61.2 Å². The summed E-state index contributed by atoms with van der Waals surface area (Å²) < 4.78 is 5.16. The molecule has 1 atom stereocenters. The van der Waals surface area contributed by atoms with Crippen LogP contribution in [0.4, 0.5) is 0 Å². The van der Waals surface area contributed by atoms with E-state index in [1.165, 1.54) is 12.8 Å². The molecule has 1 aliphatic carbocycles. The molecule has 2 fully saturated rings. The fourth-order valence-electron chi connectivity index (χ4n) is 4.20. The third kappa shape index (κ3) is 5.78. The minimum absolute atomic E-state index is 0.146. The number of hydrogen-bond acceptors (Lipinski definition) is 4. The standard InChI is InChI=1S/C22H34N4O3/c1-3-23-22(24-12-10-16-8-9-19(27)20(14-16)29-2)25-18-11-13-26(15-18)21(28)17-6-4-5-7-17/h8-9,14,17-18,27H,3-7,10-13,15H2,1-2H3,(H2,23,24,25). The summed E-state index contributed by atoms with van der Waals surface area (Å²) in [6, 6.07) is 5.62. The van der Waals surface area contributed by atoms with Gasteiger partial charge in [-0.1, -0.05) is 18.9 Å². The zero-order chi connectivity index (χ0) is 20.6. The van der Waals surface area contributed by atoms with Crippen LogP contribution in [0.5, 0.6) is 11.5 Å². The number of aromatic hydroxyl groups is 1. The van der Waals surface area contributed by atoms with E-state index in [1.54, 1.807) is 13.2 Å². The molecule has 7 heteroatoms. The highest BCUT2D eigenvalue weighted by Crippen LogP contribution is 2.28. The Kier molecular flexibility index (Phi) is 7.61. The van der Waals surface area contributed by atoms with Gasteiger partial charge in [0.1, 0.15) is 0 Å². The van der Waals surface area contributed by atoms with Gasteiger partial charge in [0.05, 0.1) is 7.11 Å². The number of aliphatic imine (C=N–C) groups is 1. The molecule has 0 radical (unpaired) electrons. The molecule has 160 valence electrons. The normalized spacial score (nSPS) is 20.1. The summed E-state index contributed by atoms with van der Waals surface area (Å²) in [6.45, 7) is 5.05. The molecule has 29 heavy (non-hydrogen) atoms. The lowest BCUT2D eigenvalue weighted by Crippen LogP contribution is -2.45. The molecule has 1 aromatic rings. The molecule has 1 unspecified atom stereocenters. The van der Waals surface area contributed by atoms with Crippen LogP contribution in [-0.2, 0) is 11.2 Å². The van der Waals surface area contributed by atoms with E-state index in [1.807, 2.05) is 24.0 Å². The Morgan fingerprint density at radius 1 is 1.31 bits per heavy atom. The van der Waals surface area contributed by atoms with Crippen LogP contribution in [0.3, 0.4) is 0 Å². The lowest BCUT2D eigenvalue weighted by molar-refractivity contribution is -0.134. The number of hydrogen-bond donors (Lipinski definition) is 3. The topological polar surface area (TPSA) is 86.2 Å². The van der Waals surface area contributed by atoms with E-state index in [4.69, 9.17) is 4.74 Å². The Labute approximate surface area is 173 Å². The van der Waals surface area contributed by atoms with Crippen molar-refractivity contribution < 1.29 is 14.6 Å². The molecule has 1 aromatic carbocycles. The van der Waals surface area contributed by atoms with Gasteiger partial charge in [0, 0.05) is 38.1 Å². The van der Waals surface area contributed by atoms with Gasteiger partial charge in [0.2, 0.25) is 5.91 Å². The quantitative estimate of drug-likeness (QED) is 0.481. The summed E-state index contributed by atoms with van der Waals surface area (Å²) in [4.78, 5) is 19.3. The molecule has 1 amide bonds. The highest BCUT2D eigenvalue weighted by Gasteiger charge is 2.32. The van der Waals surface area contributed by atoms with E-state index < -0.39 is 0 Å². The fourth-order valence-corrected chi connectivity index (χ4v) is 4.20. The first-order chi connectivity index (χ1) is 14.1. The average Bonchev–Trinajstić information content (AvgIpc) is 3.41. The van der Waals surface area contributed by atoms with E-state index >= 15 is 0 Å². The molecular formula is C22H34N4O3. The zero-order valence-electron chi connectivity index (χ0n) is 17.6. The number of rotatable bonds is 7. The van der Waals surface area contributed by atoms with Crippen molar-refractivity contribution in [1.29, 1.82) is 0 Å². The minimum Gasteiger partial charge on any atom is -0.504 e. The van der Waals surface area contributed by atoms with Crippen molar-refractivity contribution in [2.75, 3.05) is 33.3 Å². The summed E-state index contributed by atoms with van der Waals surface area (Å²) in [5.41, 5.74) is 1.06. The lowest BCUT2D eigenvalue weighted by atomic mass is 10.1. The highest BCUT2D eigenvalue weighted by atomic mass is 16.5. The van der Waals surface area contributed by atoms with Crippen molar-refractivity contribution in [1.82, 2.24) is 15.5 Å². The van der Waals surface area contributed by atoms with Gasteiger partial charge in [-0.25, -0.2) is 0 Å². The van der Waals surface area contributed by atoms with Gasteiger partial charge < -0.3 is 25.4 Å². The lowest BCUT2D eigenvalue weighted by Gasteiger charge is -2.21. The van der Waals surface area contributed by atoms with Gasteiger partial charge in [-0.2, -0.15) is 0 Å². The molecule has 0 spiro atoms. The average molecular weight is 403 g/mol. The molecule has 1 aliphatic heterocycles. The fraction of sp³-hybridized carbons (Fsp3) is 0.636. The van der Waals surface area contributed by atoms with Crippen LogP contribution in [0.1, 0.15) is 44.6 Å². The van der Waals surface area contributed by atoms with E-state index in [0.29, 0.717) is 18.2 Å². The van der Waals surface area contributed by atoms with Gasteiger partial charge in [0.25, 0.3) is 0 Å². The number of phenols is 1. The van der Waals surface area contributed by atoms with Crippen LogP contribution in [0, 0.1) is 5.92 Å². The second-order valence-electron chi connectivity index (χ2n) is 7.91. The van der Waals surface area contributed by atoms with Crippen LogP contribution in [0.2, 0.25) is 0 Å². The molecule has 0 aromatic heterocycles. The SMILES string of the molecule is CCNC(=NCCc1ccc(O)c(OC)c1)NC1CCN(C(=O)C2CCCC2)C1. The third-order valence-electron chi connectivity index (χ3n) is 5.80. The Hall–Kier alpha value is -2.44. The number of carbonyl (C=O) groups excluding carboxylic acids is 1. The number of nitrogens with zero attached hydrogens (tertiary/aromatic N) is 2. The van der Waals surface area contributed by atoms with Crippen molar-refractivity contribution in [2.24, 2.45) is 10.9 Å². The van der Waals surface area contributed by atoms with Crippen molar-refractivity contribution in [3.05, 3.63) is 23.8 Å². The van der Waals surface area contributed by atoms with E-state index in [9.17, 15) is 9.90 Å².